The van der Waals surface area contributed by atoms with Gasteiger partial charge in [0.15, 0.2) is 0 Å². The van der Waals surface area contributed by atoms with E-state index >= 15 is 0 Å². The molecule has 0 unspecified atom stereocenters. The van der Waals surface area contributed by atoms with Crippen molar-refractivity contribution in [1.82, 2.24) is 10.2 Å². The Kier molecular flexibility index (Phi) is 5.07. The van der Waals surface area contributed by atoms with Crippen molar-refractivity contribution in [2.75, 3.05) is 13.1 Å². The van der Waals surface area contributed by atoms with E-state index in [4.69, 9.17) is 5.53 Å². The number of nitro groups is 1. The molecule has 3 amide bonds. The SMILES string of the molecule is [N-]=[N+]=Nc1cccc(C(=O)NCCN2C(=O)CCC2=O)c1[N+](=O)[O-]. The number of carbonyl (C=O) groups excluding carboxylic acids is 3. The molecule has 0 atom stereocenters. The lowest BCUT2D eigenvalue weighted by Crippen LogP contribution is -2.37. The summed E-state index contributed by atoms with van der Waals surface area (Å²) in [4.78, 5) is 48.9. The number of azide groups is 1. The second-order valence-electron chi connectivity index (χ2n) is 4.81. The molecule has 2 rings (SSSR count). The zero-order chi connectivity index (χ0) is 17.7. The summed E-state index contributed by atoms with van der Waals surface area (Å²) in [5, 5.41) is 16.7. The Morgan fingerprint density at radius 2 is 2.04 bits per heavy atom. The molecule has 124 valence electrons. The van der Waals surface area contributed by atoms with Gasteiger partial charge in [-0.3, -0.25) is 29.4 Å². The van der Waals surface area contributed by atoms with Gasteiger partial charge in [-0.05, 0) is 17.7 Å². The normalized spacial score (nSPS) is 13.6. The monoisotopic (exact) mass is 332 g/mol. The number of likely N-dealkylation sites (tertiary alicyclic amines) is 1. The van der Waals surface area contributed by atoms with Gasteiger partial charge in [-0.15, -0.1) is 0 Å². The average molecular weight is 332 g/mol. The zero-order valence-corrected chi connectivity index (χ0v) is 12.3. The summed E-state index contributed by atoms with van der Waals surface area (Å²) in [6.45, 7) is -0.0492. The quantitative estimate of drug-likeness (QED) is 0.208. The summed E-state index contributed by atoms with van der Waals surface area (Å²) < 4.78 is 0. The van der Waals surface area contributed by atoms with E-state index in [1.54, 1.807) is 0 Å². The molecule has 0 aliphatic carbocycles. The van der Waals surface area contributed by atoms with E-state index in [0.717, 1.165) is 4.90 Å². The lowest BCUT2D eigenvalue weighted by Gasteiger charge is -2.14. The van der Waals surface area contributed by atoms with Gasteiger partial charge in [-0.1, -0.05) is 11.2 Å². The third kappa shape index (κ3) is 3.47. The molecule has 0 aromatic heterocycles. The van der Waals surface area contributed by atoms with Crippen molar-refractivity contribution < 1.29 is 19.3 Å². The van der Waals surface area contributed by atoms with Gasteiger partial charge in [-0.25, -0.2) is 0 Å². The molecule has 1 aromatic rings. The van der Waals surface area contributed by atoms with Crippen molar-refractivity contribution in [3.8, 4) is 0 Å². The van der Waals surface area contributed by atoms with Crippen LogP contribution in [0.25, 0.3) is 10.4 Å². The highest BCUT2D eigenvalue weighted by Gasteiger charge is 2.29. The number of benzene rings is 1. The van der Waals surface area contributed by atoms with Crippen molar-refractivity contribution in [1.29, 1.82) is 0 Å². The molecular weight excluding hydrogens is 320 g/mol. The minimum Gasteiger partial charge on any atom is -0.350 e. The topological polar surface area (TPSA) is 158 Å². The molecule has 1 heterocycles. The maximum Gasteiger partial charge on any atom is 0.291 e. The maximum absolute atomic E-state index is 12.1. The summed E-state index contributed by atoms with van der Waals surface area (Å²) in [5.74, 6) is -1.40. The standard InChI is InChI=1S/C13H12N6O5/c14-17-16-9-3-1-2-8(12(9)19(23)24)13(22)15-6-7-18-10(20)4-5-11(18)21/h1-3H,4-7H2,(H,15,22). The Morgan fingerprint density at radius 3 is 2.62 bits per heavy atom. The number of hydrogen-bond acceptors (Lipinski definition) is 6. The van der Waals surface area contributed by atoms with E-state index in [1.165, 1.54) is 18.2 Å². The Bertz CT molecular complexity index is 754. The number of carbonyl (C=O) groups is 3. The second-order valence-corrected chi connectivity index (χ2v) is 4.81. The highest BCUT2D eigenvalue weighted by molar-refractivity contribution is 6.02. The summed E-state index contributed by atoms with van der Waals surface area (Å²) in [6.07, 6.45) is 0.291. The van der Waals surface area contributed by atoms with Crippen LogP contribution in [0.1, 0.15) is 23.2 Å². The summed E-state index contributed by atoms with van der Waals surface area (Å²) in [6, 6.07) is 3.78. The lowest BCUT2D eigenvalue weighted by atomic mass is 10.1. The lowest BCUT2D eigenvalue weighted by molar-refractivity contribution is -0.384. The molecule has 1 fully saturated rings. The molecule has 0 spiro atoms. The van der Waals surface area contributed by atoms with E-state index in [2.05, 4.69) is 15.3 Å². The predicted molar refractivity (Wildman–Crippen MR) is 80.2 cm³/mol. The fourth-order valence-electron chi connectivity index (χ4n) is 2.28. The first kappa shape index (κ1) is 16.9. The van der Waals surface area contributed by atoms with Crippen LogP contribution in [0, 0.1) is 10.1 Å². The second kappa shape index (κ2) is 7.20. The summed E-state index contributed by atoms with van der Waals surface area (Å²) >= 11 is 0. The molecule has 24 heavy (non-hydrogen) atoms. The van der Waals surface area contributed by atoms with Crippen LogP contribution in [0.15, 0.2) is 23.3 Å². The van der Waals surface area contributed by atoms with Gasteiger partial charge in [0.2, 0.25) is 11.8 Å². The maximum atomic E-state index is 12.1. The number of hydrogen-bond donors (Lipinski definition) is 1. The van der Waals surface area contributed by atoms with Crippen LogP contribution in [0.5, 0.6) is 0 Å². The highest BCUT2D eigenvalue weighted by Crippen LogP contribution is 2.31. The van der Waals surface area contributed by atoms with Gasteiger partial charge in [0, 0.05) is 30.8 Å². The molecule has 1 N–H and O–H groups in total. The van der Waals surface area contributed by atoms with Crippen molar-refractivity contribution >= 4 is 29.1 Å². The molecule has 0 bridgehead atoms. The Hall–Kier alpha value is -3.46. The minimum atomic E-state index is -0.813. The van der Waals surface area contributed by atoms with Gasteiger partial charge >= 0.3 is 0 Å². The molecule has 1 aromatic carbocycles. The predicted octanol–water partition coefficient (Wildman–Crippen LogP) is 1.42. The van der Waals surface area contributed by atoms with E-state index in [0.29, 0.717) is 0 Å². The molecule has 0 saturated carbocycles. The van der Waals surface area contributed by atoms with E-state index in [-0.39, 0.29) is 49.0 Å². The van der Waals surface area contributed by atoms with Crippen LogP contribution in [0.4, 0.5) is 11.4 Å². The van der Waals surface area contributed by atoms with Crippen molar-refractivity contribution in [3.05, 3.63) is 44.3 Å². The number of amides is 3. The van der Waals surface area contributed by atoms with Gasteiger partial charge in [0.1, 0.15) is 11.3 Å². The Morgan fingerprint density at radius 1 is 1.38 bits per heavy atom. The van der Waals surface area contributed by atoms with Crippen LogP contribution < -0.4 is 5.32 Å². The van der Waals surface area contributed by atoms with Crippen molar-refractivity contribution in [3.63, 3.8) is 0 Å². The van der Waals surface area contributed by atoms with Crippen LogP contribution in [-0.2, 0) is 9.59 Å². The van der Waals surface area contributed by atoms with E-state index < -0.39 is 16.5 Å². The van der Waals surface area contributed by atoms with Crippen molar-refractivity contribution in [2.24, 2.45) is 5.11 Å². The fraction of sp³-hybridized carbons (Fsp3) is 0.308. The summed E-state index contributed by atoms with van der Waals surface area (Å²) in [7, 11) is 0. The number of para-hydroxylation sites is 1. The van der Waals surface area contributed by atoms with Gasteiger partial charge in [0.05, 0.1) is 4.92 Å². The first-order valence-corrected chi connectivity index (χ1v) is 6.89. The highest BCUT2D eigenvalue weighted by atomic mass is 16.6. The molecule has 0 radical (unpaired) electrons. The van der Waals surface area contributed by atoms with Gasteiger partial charge in [-0.2, -0.15) is 0 Å². The van der Waals surface area contributed by atoms with Gasteiger partial charge in [0.25, 0.3) is 11.6 Å². The molecule has 11 heteroatoms. The minimum absolute atomic E-state index is 0.00670. The average Bonchev–Trinajstić information content (AvgIpc) is 2.86. The molecular formula is C13H12N6O5. The molecule has 11 nitrogen and oxygen atoms in total. The Balaban J connectivity index is 2.11. The number of nitrogens with one attached hydrogen (secondary N) is 1. The van der Waals surface area contributed by atoms with Gasteiger partial charge < -0.3 is 5.32 Å². The van der Waals surface area contributed by atoms with Crippen LogP contribution >= 0.6 is 0 Å². The zero-order valence-electron chi connectivity index (χ0n) is 12.3. The molecule has 1 aliphatic rings. The van der Waals surface area contributed by atoms with Crippen molar-refractivity contribution in [2.45, 2.75) is 12.8 Å². The largest absolute Gasteiger partial charge is 0.350 e. The first-order valence-electron chi connectivity index (χ1n) is 6.89. The number of imide groups is 1. The number of nitro benzene ring substituents is 1. The summed E-state index contributed by atoms with van der Waals surface area (Å²) in [5.41, 5.74) is 7.27. The van der Waals surface area contributed by atoms with E-state index in [1.807, 2.05) is 0 Å². The van der Waals surface area contributed by atoms with Crippen LogP contribution in [-0.4, -0.2) is 40.6 Å². The third-order valence-corrected chi connectivity index (χ3v) is 3.37. The Labute approximate surface area is 135 Å². The number of nitrogens with zero attached hydrogens (tertiary/aromatic N) is 5. The fourth-order valence-corrected chi connectivity index (χ4v) is 2.28. The van der Waals surface area contributed by atoms with Crippen LogP contribution in [0.2, 0.25) is 0 Å². The molecule has 1 aliphatic heterocycles. The third-order valence-electron chi connectivity index (χ3n) is 3.37. The first-order chi connectivity index (χ1) is 11.5. The number of rotatable bonds is 6. The van der Waals surface area contributed by atoms with E-state index in [9.17, 15) is 24.5 Å². The van der Waals surface area contributed by atoms with Crippen LogP contribution in [0.3, 0.4) is 0 Å². The smallest absolute Gasteiger partial charge is 0.291 e. The molecule has 1 saturated heterocycles.